The molecule has 138 valence electrons. The highest BCUT2D eigenvalue weighted by atomic mass is 16.5. The van der Waals surface area contributed by atoms with Gasteiger partial charge in [-0.25, -0.2) is 4.98 Å². The molecule has 0 aliphatic heterocycles. The van der Waals surface area contributed by atoms with Crippen molar-refractivity contribution in [1.29, 1.82) is 0 Å². The lowest BCUT2D eigenvalue weighted by molar-refractivity contribution is 0.102. The number of methoxy groups -OCH3 is 1. The molecular formula is C22H23N3O2. The van der Waals surface area contributed by atoms with Crippen molar-refractivity contribution in [3.05, 3.63) is 83.2 Å². The number of benzene rings is 2. The number of nitrogens with zero attached hydrogens (tertiary/aromatic N) is 1. The zero-order chi connectivity index (χ0) is 19.2. The maximum absolute atomic E-state index is 12.4. The molecule has 0 fully saturated rings. The van der Waals surface area contributed by atoms with Gasteiger partial charge in [0.15, 0.2) is 0 Å². The van der Waals surface area contributed by atoms with E-state index in [9.17, 15) is 4.79 Å². The molecule has 0 aliphatic carbocycles. The van der Waals surface area contributed by atoms with Crippen LogP contribution in [0.2, 0.25) is 0 Å². The molecule has 0 unspecified atom stereocenters. The first-order valence-electron chi connectivity index (χ1n) is 8.76. The van der Waals surface area contributed by atoms with E-state index in [1.54, 1.807) is 19.4 Å². The highest BCUT2D eigenvalue weighted by Gasteiger charge is 2.08. The molecular weight excluding hydrogens is 338 g/mol. The summed E-state index contributed by atoms with van der Waals surface area (Å²) in [6.45, 7) is 4.67. The zero-order valence-electron chi connectivity index (χ0n) is 15.7. The highest BCUT2D eigenvalue weighted by molar-refractivity contribution is 6.03. The smallest absolute Gasteiger partial charge is 0.274 e. The first-order chi connectivity index (χ1) is 13.0. The van der Waals surface area contributed by atoms with E-state index >= 15 is 0 Å². The number of hydrogen-bond acceptors (Lipinski definition) is 4. The third-order valence-electron chi connectivity index (χ3n) is 4.13. The van der Waals surface area contributed by atoms with E-state index < -0.39 is 0 Å². The van der Waals surface area contributed by atoms with Crippen LogP contribution in [0.15, 0.2) is 60.8 Å². The molecule has 5 heteroatoms. The number of anilines is 2. The number of amides is 1. The molecule has 1 amide bonds. The average molecular weight is 361 g/mol. The summed E-state index contributed by atoms with van der Waals surface area (Å²) in [5, 5.41) is 6.19. The molecule has 0 radical (unpaired) electrons. The molecule has 2 aromatic carbocycles. The van der Waals surface area contributed by atoms with Crippen LogP contribution < -0.4 is 15.4 Å². The molecule has 1 aromatic heterocycles. The van der Waals surface area contributed by atoms with Crippen molar-refractivity contribution in [2.24, 2.45) is 0 Å². The van der Waals surface area contributed by atoms with Gasteiger partial charge in [0.2, 0.25) is 0 Å². The molecule has 27 heavy (non-hydrogen) atoms. The number of carbonyl (C=O) groups is 1. The molecule has 0 atom stereocenters. The maximum atomic E-state index is 12.4. The number of aryl methyl sites for hydroxylation is 2. The predicted octanol–water partition coefficient (Wildman–Crippen LogP) is 4.57. The van der Waals surface area contributed by atoms with Crippen molar-refractivity contribution in [2.75, 3.05) is 17.7 Å². The van der Waals surface area contributed by atoms with Crippen molar-refractivity contribution in [2.45, 2.75) is 20.4 Å². The average Bonchev–Trinajstić information content (AvgIpc) is 2.66. The molecule has 3 rings (SSSR count). The largest absolute Gasteiger partial charge is 0.497 e. The van der Waals surface area contributed by atoms with Gasteiger partial charge < -0.3 is 15.4 Å². The van der Waals surface area contributed by atoms with Crippen molar-refractivity contribution in [1.82, 2.24) is 4.98 Å². The van der Waals surface area contributed by atoms with Crippen LogP contribution in [0.25, 0.3) is 0 Å². The number of pyridine rings is 1. The SMILES string of the molecule is COc1ccc(CNc2ccc(C(=O)Nc3cc(C)cc(C)c3)nc2)cc1. The van der Waals surface area contributed by atoms with Gasteiger partial charge in [0.25, 0.3) is 5.91 Å². The summed E-state index contributed by atoms with van der Waals surface area (Å²) in [7, 11) is 1.65. The second kappa shape index (κ2) is 8.36. The van der Waals surface area contributed by atoms with Gasteiger partial charge in [-0.05, 0) is 66.9 Å². The van der Waals surface area contributed by atoms with E-state index in [1.165, 1.54) is 0 Å². The van der Waals surface area contributed by atoms with Gasteiger partial charge in [-0.3, -0.25) is 4.79 Å². The zero-order valence-corrected chi connectivity index (χ0v) is 15.7. The van der Waals surface area contributed by atoms with Gasteiger partial charge in [0.05, 0.1) is 19.0 Å². The van der Waals surface area contributed by atoms with Gasteiger partial charge >= 0.3 is 0 Å². The predicted molar refractivity (Wildman–Crippen MR) is 108 cm³/mol. The fraction of sp³-hybridized carbons (Fsp3) is 0.182. The monoisotopic (exact) mass is 361 g/mol. The molecule has 0 spiro atoms. The Morgan fingerprint density at radius 2 is 1.67 bits per heavy atom. The van der Waals surface area contributed by atoms with Crippen LogP contribution in [-0.4, -0.2) is 18.0 Å². The van der Waals surface area contributed by atoms with Crippen molar-refractivity contribution in [3.8, 4) is 5.75 Å². The van der Waals surface area contributed by atoms with Crippen molar-refractivity contribution in [3.63, 3.8) is 0 Å². The minimum atomic E-state index is -0.221. The van der Waals surface area contributed by atoms with Crippen LogP contribution in [-0.2, 0) is 6.54 Å². The third kappa shape index (κ3) is 5.07. The fourth-order valence-corrected chi connectivity index (χ4v) is 2.82. The number of aromatic nitrogens is 1. The van der Waals surface area contributed by atoms with Crippen LogP contribution >= 0.6 is 0 Å². The summed E-state index contributed by atoms with van der Waals surface area (Å²) in [5.41, 5.74) is 5.36. The summed E-state index contributed by atoms with van der Waals surface area (Å²) in [6.07, 6.45) is 1.67. The molecule has 0 saturated carbocycles. The van der Waals surface area contributed by atoms with E-state index in [0.717, 1.165) is 33.8 Å². The van der Waals surface area contributed by atoms with Crippen LogP contribution in [0.1, 0.15) is 27.2 Å². The molecule has 2 N–H and O–H groups in total. The van der Waals surface area contributed by atoms with Crippen molar-refractivity contribution >= 4 is 17.3 Å². The number of rotatable bonds is 6. The Kier molecular flexibility index (Phi) is 5.71. The van der Waals surface area contributed by atoms with Crippen LogP contribution in [0.5, 0.6) is 5.75 Å². The Morgan fingerprint density at radius 1 is 0.963 bits per heavy atom. The number of carbonyl (C=O) groups excluding carboxylic acids is 1. The molecule has 1 heterocycles. The minimum absolute atomic E-state index is 0.221. The second-order valence-electron chi connectivity index (χ2n) is 6.46. The minimum Gasteiger partial charge on any atom is -0.497 e. The standard InChI is InChI=1S/C22H23N3O2/c1-15-10-16(2)12-19(11-15)25-22(26)21-9-6-18(14-24-21)23-13-17-4-7-20(27-3)8-5-17/h4-12,14,23H,13H2,1-3H3,(H,25,26). The van der Waals surface area contributed by atoms with Crippen LogP contribution in [0, 0.1) is 13.8 Å². The van der Waals surface area contributed by atoms with Crippen molar-refractivity contribution < 1.29 is 9.53 Å². The number of nitrogens with one attached hydrogen (secondary N) is 2. The Balaban J connectivity index is 1.59. The van der Waals surface area contributed by atoms with Gasteiger partial charge in [-0.2, -0.15) is 0 Å². The summed E-state index contributed by atoms with van der Waals surface area (Å²) >= 11 is 0. The Bertz CT molecular complexity index is 899. The molecule has 0 aliphatic rings. The first-order valence-corrected chi connectivity index (χ1v) is 8.76. The molecule has 0 saturated heterocycles. The summed E-state index contributed by atoms with van der Waals surface area (Å²) < 4.78 is 5.15. The van der Waals surface area contributed by atoms with E-state index in [2.05, 4.69) is 21.7 Å². The van der Waals surface area contributed by atoms with E-state index in [0.29, 0.717) is 12.2 Å². The Hall–Kier alpha value is -3.34. The van der Waals surface area contributed by atoms with Gasteiger partial charge in [-0.15, -0.1) is 0 Å². The normalized spacial score (nSPS) is 10.3. The Labute approximate surface area is 159 Å². The summed E-state index contributed by atoms with van der Waals surface area (Å²) in [6, 6.07) is 17.4. The topological polar surface area (TPSA) is 63.2 Å². The lowest BCUT2D eigenvalue weighted by Crippen LogP contribution is -2.14. The van der Waals surface area contributed by atoms with Crippen LogP contribution in [0.3, 0.4) is 0 Å². The van der Waals surface area contributed by atoms with Gasteiger partial charge in [0, 0.05) is 12.2 Å². The molecule has 0 bridgehead atoms. The number of hydrogen-bond donors (Lipinski definition) is 2. The number of ether oxygens (including phenoxy) is 1. The fourth-order valence-electron chi connectivity index (χ4n) is 2.82. The van der Waals surface area contributed by atoms with E-state index in [1.807, 2.05) is 56.3 Å². The van der Waals surface area contributed by atoms with E-state index in [-0.39, 0.29) is 5.91 Å². The lowest BCUT2D eigenvalue weighted by atomic mass is 10.1. The van der Waals surface area contributed by atoms with Gasteiger partial charge in [-0.1, -0.05) is 18.2 Å². The molecule has 5 nitrogen and oxygen atoms in total. The second-order valence-corrected chi connectivity index (χ2v) is 6.46. The lowest BCUT2D eigenvalue weighted by Gasteiger charge is -2.09. The highest BCUT2D eigenvalue weighted by Crippen LogP contribution is 2.16. The van der Waals surface area contributed by atoms with E-state index in [4.69, 9.17) is 4.74 Å². The summed E-state index contributed by atoms with van der Waals surface area (Å²) in [4.78, 5) is 16.6. The van der Waals surface area contributed by atoms with Gasteiger partial charge in [0.1, 0.15) is 11.4 Å². The maximum Gasteiger partial charge on any atom is 0.274 e. The Morgan fingerprint density at radius 3 is 2.26 bits per heavy atom. The quantitative estimate of drug-likeness (QED) is 0.675. The molecule has 3 aromatic rings. The first kappa shape index (κ1) is 18.5. The van der Waals surface area contributed by atoms with Crippen LogP contribution in [0.4, 0.5) is 11.4 Å². The third-order valence-corrected chi connectivity index (χ3v) is 4.13. The summed E-state index contributed by atoms with van der Waals surface area (Å²) in [5.74, 6) is 0.612.